The van der Waals surface area contributed by atoms with Gasteiger partial charge in [0.1, 0.15) is 5.75 Å². The Labute approximate surface area is 183 Å². The number of ether oxygens (including phenoxy) is 1. The molecular formula is C28H27NO2. The molecule has 0 spiro atoms. The van der Waals surface area contributed by atoms with Gasteiger partial charge >= 0.3 is 0 Å². The summed E-state index contributed by atoms with van der Waals surface area (Å²) in [5.41, 5.74) is 5.79. The van der Waals surface area contributed by atoms with Crippen LogP contribution < -0.4 is 10.1 Å². The first-order valence-corrected chi connectivity index (χ1v) is 10.5. The third-order valence-electron chi connectivity index (χ3n) is 5.73. The third kappa shape index (κ3) is 4.04. The van der Waals surface area contributed by atoms with Crippen LogP contribution in [-0.4, -0.2) is 13.0 Å². The summed E-state index contributed by atoms with van der Waals surface area (Å²) in [6.07, 6.45) is 0. The van der Waals surface area contributed by atoms with Gasteiger partial charge in [-0.15, -0.1) is 0 Å². The number of nitrogens with one attached hydrogen (secondary N) is 1. The number of hydrogen-bond donors (Lipinski definition) is 1. The summed E-state index contributed by atoms with van der Waals surface area (Å²) in [5, 5.41) is 5.30. The fourth-order valence-electron chi connectivity index (χ4n) is 4.24. The van der Waals surface area contributed by atoms with E-state index in [2.05, 4.69) is 37.4 Å². The minimum absolute atomic E-state index is 0.0980. The van der Waals surface area contributed by atoms with E-state index in [0.717, 1.165) is 44.3 Å². The molecule has 4 rings (SSSR count). The Balaban J connectivity index is 1.89. The monoisotopic (exact) mass is 409 g/mol. The SMILES string of the molecule is COc1cc(C)cc(C)c1-c1c(C(=O)NC(C)c2ccccc2)ccc2ccccc12. The Bertz CT molecular complexity index is 1240. The predicted octanol–water partition coefficient (Wildman–Crippen LogP) is 6.62. The van der Waals surface area contributed by atoms with E-state index in [1.54, 1.807) is 7.11 Å². The smallest absolute Gasteiger partial charge is 0.252 e. The maximum atomic E-state index is 13.5. The fourth-order valence-corrected chi connectivity index (χ4v) is 4.24. The minimum atomic E-state index is -0.103. The van der Waals surface area contributed by atoms with E-state index in [9.17, 15) is 4.79 Å². The number of fused-ring (bicyclic) bond motifs is 1. The summed E-state index contributed by atoms with van der Waals surface area (Å²) in [6.45, 7) is 6.13. The quantitative estimate of drug-likeness (QED) is 0.402. The van der Waals surface area contributed by atoms with Crippen LogP contribution >= 0.6 is 0 Å². The van der Waals surface area contributed by atoms with Crippen molar-refractivity contribution in [3.8, 4) is 16.9 Å². The largest absolute Gasteiger partial charge is 0.496 e. The summed E-state index contributed by atoms with van der Waals surface area (Å²) in [5.74, 6) is 0.679. The highest BCUT2D eigenvalue weighted by Gasteiger charge is 2.22. The van der Waals surface area contributed by atoms with E-state index >= 15 is 0 Å². The normalized spacial score (nSPS) is 11.9. The molecule has 156 valence electrons. The zero-order chi connectivity index (χ0) is 22.0. The Hall–Kier alpha value is -3.59. The van der Waals surface area contributed by atoms with Crippen molar-refractivity contribution in [2.75, 3.05) is 7.11 Å². The maximum absolute atomic E-state index is 13.5. The van der Waals surface area contributed by atoms with Crippen molar-refractivity contribution in [2.24, 2.45) is 0 Å². The van der Waals surface area contributed by atoms with Gasteiger partial charge in [-0.05, 0) is 60.4 Å². The maximum Gasteiger partial charge on any atom is 0.252 e. The molecule has 0 saturated heterocycles. The van der Waals surface area contributed by atoms with Crippen molar-refractivity contribution >= 4 is 16.7 Å². The molecule has 3 nitrogen and oxygen atoms in total. The van der Waals surface area contributed by atoms with Gasteiger partial charge in [0.25, 0.3) is 5.91 Å². The average molecular weight is 410 g/mol. The molecule has 0 heterocycles. The second kappa shape index (κ2) is 8.65. The van der Waals surface area contributed by atoms with Crippen LogP contribution in [0.15, 0.2) is 78.9 Å². The van der Waals surface area contributed by atoms with Crippen LogP contribution in [0, 0.1) is 13.8 Å². The predicted molar refractivity (Wildman–Crippen MR) is 128 cm³/mol. The lowest BCUT2D eigenvalue weighted by atomic mass is 9.89. The first-order valence-electron chi connectivity index (χ1n) is 10.5. The summed E-state index contributed by atoms with van der Waals surface area (Å²) in [6, 6.07) is 26.2. The van der Waals surface area contributed by atoms with E-state index in [4.69, 9.17) is 4.74 Å². The van der Waals surface area contributed by atoms with Gasteiger partial charge in [-0.25, -0.2) is 0 Å². The van der Waals surface area contributed by atoms with Crippen molar-refractivity contribution < 1.29 is 9.53 Å². The van der Waals surface area contributed by atoms with Crippen molar-refractivity contribution in [1.29, 1.82) is 0 Å². The van der Waals surface area contributed by atoms with Gasteiger partial charge in [0.05, 0.1) is 13.2 Å². The van der Waals surface area contributed by atoms with E-state index in [-0.39, 0.29) is 11.9 Å². The van der Waals surface area contributed by atoms with Gasteiger partial charge in [0.15, 0.2) is 0 Å². The highest BCUT2D eigenvalue weighted by Crippen LogP contribution is 2.40. The number of aryl methyl sites for hydroxylation is 2. The zero-order valence-electron chi connectivity index (χ0n) is 18.4. The van der Waals surface area contributed by atoms with Crippen LogP contribution in [0.2, 0.25) is 0 Å². The molecule has 0 aliphatic heterocycles. The average Bonchev–Trinajstić information content (AvgIpc) is 2.78. The fraction of sp³-hybridized carbons (Fsp3) is 0.179. The molecule has 1 amide bonds. The molecule has 4 aromatic rings. The zero-order valence-corrected chi connectivity index (χ0v) is 18.4. The number of carbonyl (C=O) groups is 1. The summed E-state index contributed by atoms with van der Waals surface area (Å²) < 4.78 is 5.76. The van der Waals surface area contributed by atoms with Gasteiger partial charge in [0.2, 0.25) is 0 Å². The Kier molecular flexibility index (Phi) is 5.77. The topological polar surface area (TPSA) is 38.3 Å². The van der Waals surface area contributed by atoms with E-state index < -0.39 is 0 Å². The van der Waals surface area contributed by atoms with Crippen LogP contribution in [0.3, 0.4) is 0 Å². The third-order valence-corrected chi connectivity index (χ3v) is 5.73. The number of methoxy groups -OCH3 is 1. The molecule has 0 aliphatic rings. The molecule has 0 aliphatic carbocycles. The number of hydrogen-bond acceptors (Lipinski definition) is 2. The van der Waals surface area contributed by atoms with Gasteiger partial charge in [-0.2, -0.15) is 0 Å². The van der Waals surface area contributed by atoms with E-state index in [1.165, 1.54) is 0 Å². The second-order valence-electron chi connectivity index (χ2n) is 7.97. The van der Waals surface area contributed by atoms with Crippen LogP contribution in [0.5, 0.6) is 5.75 Å². The van der Waals surface area contributed by atoms with Gasteiger partial charge in [0, 0.05) is 16.7 Å². The molecule has 3 heteroatoms. The van der Waals surface area contributed by atoms with Gasteiger partial charge in [-0.3, -0.25) is 4.79 Å². The molecule has 31 heavy (non-hydrogen) atoms. The molecule has 0 saturated carbocycles. The van der Waals surface area contributed by atoms with Crippen LogP contribution in [0.25, 0.3) is 21.9 Å². The van der Waals surface area contributed by atoms with Crippen LogP contribution in [-0.2, 0) is 0 Å². The Morgan fingerprint density at radius 1 is 0.871 bits per heavy atom. The number of amides is 1. The molecule has 0 bridgehead atoms. The van der Waals surface area contributed by atoms with Crippen LogP contribution in [0.4, 0.5) is 0 Å². The summed E-state index contributed by atoms with van der Waals surface area (Å²) >= 11 is 0. The number of carbonyl (C=O) groups excluding carboxylic acids is 1. The van der Waals surface area contributed by atoms with Gasteiger partial charge < -0.3 is 10.1 Å². The first-order chi connectivity index (χ1) is 15.0. The van der Waals surface area contributed by atoms with Gasteiger partial charge in [-0.1, -0.05) is 66.7 Å². The van der Waals surface area contributed by atoms with Crippen molar-refractivity contribution in [3.63, 3.8) is 0 Å². The minimum Gasteiger partial charge on any atom is -0.496 e. The lowest BCUT2D eigenvalue weighted by molar-refractivity contribution is 0.0940. The summed E-state index contributed by atoms with van der Waals surface area (Å²) in [7, 11) is 1.68. The van der Waals surface area contributed by atoms with Crippen LogP contribution in [0.1, 0.15) is 40.0 Å². The number of rotatable bonds is 5. The molecule has 0 radical (unpaired) electrons. The van der Waals surface area contributed by atoms with E-state index in [1.807, 2.05) is 67.6 Å². The second-order valence-corrected chi connectivity index (χ2v) is 7.97. The molecule has 0 fully saturated rings. The molecule has 1 atom stereocenters. The lowest BCUT2D eigenvalue weighted by Crippen LogP contribution is -2.27. The van der Waals surface area contributed by atoms with Crippen molar-refractivity contribution in [1.82, 2.24) is 5.32 Å². The lowest BCUT2D eigenvalue weighted by Gasteiger charge is -2.20. The van der Waals surface area contributed by atoms with Crippen molar-refractivity contribution in [2.45, 2.75) is 26.8 Å². The molecule has 1 unspecified atom stereocenters. The highest BCUT2D eigenvalue weighted by atomic mass is 16.5. The molecule has 0 aromatic heterocycles. The van der Waals surface area contributed by atoms with E-state index in [0.29, 0.717) is 5.56 Å². The molecular weight excluding hydrogens is 382 g/mol. The molecule has 1 N–H and O–H groups in total. The Morgan fingerprint density at radius 3 is 2.32 bits per heavy atom. The standard InChI is InChI=1S/C28H27NO2/c1-18-16-19(2)26(25(17-18)31-4)27-23-13-9-8-12-22(23)14-15-24(27)28(30)29-20(3)21-10-6-5-7-11-21/h5-17,20H,1-4H3,(H,29,30). The number of benzene rings is 4. The molecule has 4 aromatic carbocycles. The van der Waals surface area contributed by atoms with Crippen molar-refractivity contribution in [3.05, 3.63) is 101 Å². The summed E-state index contributed by atoms with van der Waals surface area (Å²) in [4.78, 5) is 13.5. The first kappa shape index (κ1) is 20.7. The Morgan fingerprint density at radius 2 is 1.58 bits per heavy atom. The highest BCUT2D eigenvalue weighted by molar-refractivity contribution is 6.11.